The fourth-order valence-electron chi connectivity index (χ4n) is 4.21. The molecule has 2 amide bonds. The number of nitrogens with zero attached hydrogens (tertiary/aromatic N) is 2. The monoisotopic (exact) mass is 637 g/mol. The number of hydrogen-bond acceptors (Lipinski definition) is 4. The van der Waals surface area contributed by atoms with Crippen molar-refractivity contribution in [1.29, 1.82) is 0 Å². The van der Waals surface area contributed by atoms with E-state index in [9.17, 15) is 18.0 Å². The van der Waals surface area contributed by atoms with Gasteiger partial charge in [0.1, 0.15) is 12.6 Å². The van der Waals surface area contributed by atoms with Crippen LogP contribution in [0.5, 0.6) is 0 Å². The quantitative estimate of drug-likeness (QED) is 0.235. The van der Waals surface area contributed by atoms with Gasteiger partial charge in [-0.1, -0.05) is 90.6 Å². The van der Waals surface area contributed by atoms with Gasteiger partial charge < -0.3 is 10.2 Å². The molecule has 0 bridgehead atoms. The molecule has 0 heterocycles. The summed E-state index contributed by atoms with van der Waals surface area (Å²) < 4.78 is 28.9. The van der Waals surface area contributed by atoms with Gasteiger partial charge in [0.15, 0.2) is 0 Å². The topological polar surface area (TPSA) is 86.8 Å². The van der Waals surface area contributed by atoms with Gasteiger partial charge in [-0.3, -0.25) is 13.9 Å². The Bertz CT molecular complexity index is 1480. The number of nitrogens with one attached hydrogen (secondary N) is 1. The number of hydrogen-bond donors (Lipinski definition) is 1. The molecule has 1 N–H and O–H groups in total. The van der Waals surface area contributed by atoms with Crippen LogP contribution in [0.1, 0.15) is 44.7 Å². The summed E-state index contributed by atoms with van der Waals surface area (Å²) in [5.74, 6) is -0.946. The van der Waals surface area contributed by atoms with Crippen LogP contribution in [0.25, 0.3) is 0 Å². The lowest BCUT2D eigenvalue weighted by Gasteiger charge is -2.34. The van der Waals surface area contributed by atoms with Crippen LogP contribution in [0, 0.1) is 6.92 Å². The van der Waals surface area contributed by atoms with Crippen molar-refractivity contribution in [1.82, 2.24) is 10.2 Å². The zero-order valence-electron chi connectivity index (χ0n) is 23.4. The van der Waals surface area contributed by atoms with E-state index in [1.807, 2.05) is 20.8 Å². The van der Waals surface area contributed by atoms with Crippen LogP contribution in [-0.4, -0.2) is 43.8 Å². The molecule has 2 unspecified atom stereocenters. The molecule has 0 saturated carbocycles. The minimum absolute atomic E-state index is 0.00730. The maximum Gasteiger partial charge on any atom is 0.264 e. The van der Waals surface area contributed by atoms with Gasteiger partial charge in [-0.05, 0) is 62.6 Å². The van der Waals surface area contributed by atoms with Crippen molar-refractivity contribution in [3.05, 3.63) is 92.9 Å². The van der Waals surface area contributed by atoms with Crippen molar-refractivity contribution >= 4 is 62.3 Å². The van der Waals surface area contributed by atoms with E-state index in [0.29, 0.717) is 23.4 Å². The molecule has 3 aromatic carbocycles. The summed E-state index contributed by atoms with van der Waals surface area (Å²) >= 11 is 19.2. The van der Waals surface area contributed by atoms with Crippen LogP contribution in [0.4, 0.5) is 5.69 Å². The molecule has 3 rings (SSSR count). The van der Waals surface area contributed by atoms with E-state index in [4.69, 9.17) is 34.8 Å². The lowest BCUT2D eigenvalue weighted by Crippen LogP contribution is -2.53. The highest BCUT2D eigenvalue weighted by Gasteiger charge is 2.35. The summed E-state index contributed by atoms with van der Waals surface area (Å²) in [6.07, 6.45) is 0.998. The van der Waals surface area contributed by atoms with Crippen LogP contribution in [0.3, 0.4) is 0 Å². The highest BCUT2D eigenvalue weighted by atomic mass is 35.5. The number of aryl methyl sites for hydroxylation is 1. The van der Waals surface area contributed by atoms with Crippen molar-refractivity contribution in [2.75, 3.05) is 10.8 Å². The highest BCUT2D eigenvalue weighted by Crippen LogP contribution is 2.35. The molecule has 0 radical (unpaired) electrons. The highest BCUT2D eigenvalue weighted by molar-refractivity contribution is 7.92. The molecule has 0 spiro atoms. The number of rotatable bonds is 12. The Morgan fingerprint density at radius 3 is 2.12 bits per heavy atom. The van der Waals surface area contributed by atoms with Crippen molar-refractivity contribution < 1.29 is 18.0 Å². The zero-order chi connectivity index (χ0) is 30.3. The summed E-state index contributed by atoms with van der Waals surface area (Å²) in [4.78, 5) is 28.9. The summed E-state index contributed by atoms with van der Waals surface area (Å²) in [5.41, 5.74) is 1.53. The number of anilines is 1. The van der Waals surface area contributed by atoms with Crippen molar-refractivity contribution in [3.8, 4) is 0 Å². The van der Waals surface area contributed by atoms with Gasteiger partial charge in [-0.15, -0.1) is 0 Å². The number of halogens is 3. The molecule has 0 aliphatic heterocycles. The van der Waals surface area contributed by atoms with E-state index in [-0.39, 0.29) is 39.1 Å². The van der Waals surface area contributed by atoms with Gasteiger partial charge in [-0.2, -0.15) is 0 Å². The largest absolute Gasteiger partial charge is 0.352 e. The number of amides is 2. The lowest BCUT2D eigenvalue weighted by atomic mass is 10.1. The van der Waals surface area contributed by atoms with E-state index in [1.165, 1.54) is 29.2 Å². The summed E-state index contributed by atoms with van der Waals surface area (Å²) in [6.45, 7) is 6.82. The second-order valence-electron chi connectivity index (χ2n) is 9.75. The molecular formula is C30H34Cl3N3O4S. The minimum Gasteiger partial charge on any atom is -0.352 e. The van der Waals surface area contributed by atoms with Crippen LogP contribution in [0.15, 0.2) is 71.6 Å². The van der Waals surface area contributed by atoms with Crippen LogP contribution >= 0.6 is 34.8 Å². The number of benzene rings is 3. The van der Waals surface area contributed by atoms with Crippen LogP contribution in [0.2, 0.25) is 15.1 Å². The molecule has 220 valence electrons. The fourth-order valence-corrected chi connectivity index (χ4v) is 6.28. The molecule has 0 aromatic heterocycles. The van der Waals surface area contributed by atoms with Gasteiger partial charge >= 0.3 is 0 Å². The third-order valence-corrected chi connectivity index (χ3v) is 9.72. The van der Waals surface area contributed by atoms with E-state index in [2.05, 4.69) is 5.32 Å². The maximum atomic E-state index is 14.2. The second kappa shape index (κ2) is 14.4. The predicted octanol–water partition coefficient (Wildman–Crippen LogP) is 6.87. The first-order chi connectivity index (χ1) is 19.4. The van der Waals surface area contributed by atoms with E-state index < -0.39 is 28.5 Å². The summed E-state index contributed by atoms with van der Waals surface area (Å²) in [6, 6.07) is 16.9. The van der Waals surface area contributed by atoms with Gasteiger partial charge in [-0.25, -0.2) is 8.42 Å². The van der Waals surface area contributed by atoms with Gasteiger partial charge in [0.25, 0.3) is 10.0 Å². The molecule has 0 fully saturated rings. The molecule has 0 saturated heterocycles. The average Bonchev–Trinajstić information content (AvgIpc) is 2.94. The molecule has 2 atom stereocenters. The van der Waals surface area contributed by atoms with Crippen molar-refractivity contribution in [2.45, 2.75) is 64.1 Å². The zero-order valence-corrected chi connectivity index (χ0v) is 26.5. The maximum absolute atomic E-state index is 14.2. The van der Waals surface area contributed by atoms with E-state index in [0.717, 1.165) is 9.87 Å². The van der Waals surface area contributed by atoms with Crippen LogP contribution < -0.4 is 9.62 Å². The Morgan fingerprint density at radius 1 is 0.878 bits per heavy atom. The minimum atomic E-state index is -4.28. The van der Waals surface area contributed by atoms with Crippen molar-refractivity contribution in [2.24, 2.45) is 0 Å². The molecular weight excluding hydrogens is 605 g/mol. The van der Waals surface area contributed by atoms with Gasteiger partial charge in [0.05, 0.1) is 20.6 Å². The molecule has 7 nitrogen and oxygen atoms in total. The first-order valence-corrected chi connectivity index (χ1v) is 15.8. The number of carbonyl (C=O) groups is 2. The normalized spacial score (nSPS) is 12.9. The SMILES string of the molecule is CCC(C)NC(=O)C(CC)N(Cc1ccccc1Cl)C(=O)CN(c1cccc(Cl)c1Cl)S(=O)(=O)c1ccc(C)cc1. The first-order valence-electron chi connectivity index (χ1n) is 13.3. The number of carbonyl (C=O) groups excluding carboxylic acids is 2. The number of sulfonamides is 1. The van der Waals surface area contributed by atoms with Gasteiger partial charge in [0.2, 0.25) is 11.8 Å². The smallest absolute Gasteiger partial charge is 0.264 e. The fraction of sp³-hybridized carbons (Fsp3) is 0.333. The Kier molecular flexibility index (Phi) is 11.5. The third kappa shape index (κ3) is 7.95. The van der Waals surface area contributed by atoms with Crippen LogP contribution in [-0.2, 0) is 26.2 Å². The Labute approximate surface area is 257 Å². The predicted molar refractivity (Wildman–Crippen MR) is 166 cm³/mol. The average molecular weight is 639 g/mol. The molecule has 3 aromatic rings. The summed E-state index contributed by atoms with van der Waals surface area (Å²) in [7, 11) is -4.28. The molecule has 0 aliphatic rings. The third-order valence-electron chi connectivity index (χ3n) is 6.77. The molecule has 41 heavy (non-hydrogen) atoms. The molecule has 11 heteroatoms. The van der Waals surface area contributed by atoms with Gasteiger partial charge in [0, 0.05) is 17.6 Å². The summed E-state index contributed by atoms with van der Waals surface area (Å²) in [5, 5.41) is 3.48. The van der Waals surface area contributed by atoms with E-state index in [1.54, 1.807) is 49.4 Å². The molecule has 0 aliphatic carbocycles. The lowest BCUT2D eigenvalue weighted by molar-refractivity contribution is -0.140. The Balaban J connectivity index is 2.11. The van der Waals surface area contributed by atoms with E-state index >= 15 is 0 Å². The Morgan fingerprint density at radius 2 is 1.51 bits per heavy atom. The Hall–Kier alpha value is -2.78. The standard InChI is InChI=1S/C30H34Cl3N3O4S/c1-5-21(4)34-30(38)26(6-2)35(18-22-10-7-8-11-24(22)31)28(37)19-36(27-13-9-12-25(32)29(27)33)41(39,40)23-16-14-20(3)15-17-23/h7-17,21,26H,5-6,18-19H2,1-4H3,(H,34,38). The van der Waals surface area contributed by atoms with Crippen molar-refractivity contribution in [3.63, 3.8) is 0 Å². The first kappa shape index (κ1) is 32.7. The second-order valence-corrected chi connectivity index (χ2v) is 12.8.